The fraction of sp³-hybridized carbons (Fsp3) is 0.533. The van der Waals surface area contributed by atoms with Crippen LogP contribution in [0.3, 0.4) is 0 Å². The van der Waals surface area contributed by atoms with Crippen molar-refractivity contribution in [1.82, 2.24) is 9.80 Å². The normalized spacial score (nSPS) is 21.1. The molecular formula is C15H22BrN3O. The van der Waals surface area contributed by atoms with Gasteiger partial charge in [0.05, 0.1) is 5.54 Å². The maximum absolute atomic E-state index is 12.4. The van der Waals surface area contributed by atoms with Crippen LogP contribution in [-0.4, -0.2) is 47.9 Å². The van der Waals surface area contributed by atoms with E-state index in [0.717, 1.165) is 23.1 Å². The van der Waals surface area contributed by atoms with Crippen LogP contribution in [0.2, 0.25) is 0 Å². The van der Waals surface area contributed by atoms with Crippen molar-refractivity contribution < 1.29 is 4.79 Å². The molecule has 0 aliphatic carbocycles. The molecule has 0 spiro atoms. The highest BCUT2D eigenvalue weighted by Crippen LogP contribution is 2.31. The lowest BCUT2D eigenvalue weighted by molar-refractivity contribution is -0.149. The third-order valence-electron chi connectivity index (χ3n) is 4.12. The zero-order valence-corrected chi connectivity index (χ0v) is 13.9. The molecule has 1 fully saturated rings. The van der Waals surface area contributed by atoms with Gasteiger partial charge in [0.2, 0.25) is 5.91 Å². The molecule has 1 aliphatic heterocycles. The van der Waals surface area contributed by atoms with E-state index in [-0.39, 0.29) is 11.9 Å². The van der Waals surface area contributed by atoms with Gasteiger partial charge in [0.25, 0.3) is 0 Å². The van der Waals surface area contributed by atoms with Crippen LogP contribution in [0.4, 0.5) is 0 Å². The summed E-state index contributed by atoms with van der Waals surface area (Å²) in [6.07, 6.45) is 0. The zero-order valence-electron chi connectivity index (χ0n) is 12.3. The largest absolute Gasteiger partial charge is 0.343 e. The number of carbonyl (C=O) groups is 1. The summed E-state index contributed by atoms with van der Waals surface area (Å²) in [6.45, 7) is 6.05. The first-order chi connectivity index (χ1) is 9.37. The number of rotatable bonds is 3. The van der Waals surface area contributed by atoms with Crippen LogP contribution in [0.1, 0.15) is 25.5 Å². The fourth-order valence-electron chi connectivity index (χ4n) is 2.90. The predicted molar refractivity (Wildman–Crippen MR) is 84.4 cm³/mol. The highest BCUT2D eigenvalue weighted by Gasteiger charge is 2.43. The van der Waals surface area contributed by atoms with E-state index in [1.165, 1.54) is 0 Å². The number of nitrogens with two attached hydrogens (primary N) is 1. The van der Waals surface area contributed by atoms with Gasteiger partial charge in [-0.15, -0.1) is 0 Å². The smallest absolute Gasteiger partial charge is 0.242 e. The molecule has 1 unspecified atom stereocenters. The maximum Gasteiger partial charge on any atom is 0.242 e. The van der Waals surface area contributed by atoms with Crippen molar-refractivity contribution in [3.8, 4) is 0 Å². The summed E-state index contributed by atoms with van der Waals surface area (Å²) in [7, 11) is 1.86. The summed E-state index contributed by atoms with van der Waals surface area (Å²) in [6, 6.07) is 8.24. The van der Waals surface area contributed by atoms with Crippen molar-refractivity contribution >= 4 is 21.8 Å². The Kier molecular flexibility index (Phi) is 4.52. The molecule has 1 amide bonds. The molecule has 20 heavy (non-hydrogen) atoms. The molecule has 0 saturated carbocycles. The van der Waals surface area contributed by atoms with E-state index in [4.69, 9.17) is 5.73 Å². The summed E-state index contributed by atoms with van der Waals surface area (Å²) in [4.78, 5) is 16.4. The molecule has 110 valence electrons. The molecule has 1 aromatic carbocycles. The second-order valence-corrected chi connectivity index (χ2v) is 6.70. The van der Waals surface area contributed by atoms with Crippen molar-refractivity contribution in [2.45, 2.75) is 25.4 Å². The summed E-state index contributed by atoms with van der Waals surface area (Å²) < 4.78 is 1.05. The van der Waals surface area contributed by atoms with Gasteiger partial charge in [0.15, 0.2) is 0 Å². The van der Waals surface area contributed by atoms with Crippen molar-refractivity contribution in [3.05, 3.63) is 34.3 Å². The van der Waals surface area contributed by atoms with Gasteiger partial charge in [-0.3, -0.25) is 9.69 Å². The molecule has 1 atom stereocenters. The molecule has 2 rings (SSSR count). The molecule has 2 N–H and O–H groups in total. The second-order valence-electron chi connectivity index (χ2n) is 5.78. The predicted octanol–water partition coefficient (Wildman–Crippen LogP) is 2.00. The number of nitrogens with zero attached hydrogens (tertiary/aromatic N) is 2. The first kappa shape index (κ1) is 15.5. The van der Waals surface area contributed by atoms with Gasteiger partial charge < -0.3 is 10.6 Å². The number of amides is 1. The molecule has 1 aliphatic rings. The Hall–Kier alpha value is -0.910. The number of hydrogen-bond donors (Lipinski definition) is 1. The van der Waals surface area contributed by atoms with Gasteiger partial charge in [-0.05, 0) is 31.5 Å². The van der Waals surface area contributed by atoms with Crippen molar-refractivity contribution in [2.75, 3.05) is 26.7 Å². The van der Waals surface area contributed by atoms with E-state index < -0.39 is 5.54 Å². The summed E-state index contributed by atoms with van der Waals surface area (Å²) in [5.41, 5.74) is 6.63. The van der Waals surface area contributed by atoms with Crippen LogP contribution < -0.4 is 5.73 Å². The number of piperazine rings is 1. The third kappa shape index (κ3) is 2.75. The van der Waals surface area contributed by atoms with E-state index in [0.29, 0.717) is 6.54 Å². The molecule has 5 heteroatoms. The number of likely N-dealkylation sites (N-methyl/N-ethyl adjacent to an activating group) is 1. The Morgan fingerprint density at radius 3 is 2.45 bits per heavy atom. The molecule has 0 radical (unpaired) electrons. The Morgan fingerprint density at radius 2 is 1.90 bits per heavy atom. The van der Waals surface area contributed by atoms with E-state index >= 15 is 0 Å². The van der Waals surface area contributed by atoms with E-state index in [9.17, 15) is 4.79 Å². The van der Waals surface area contributed by atoms with Gasteiger partial charge >= 0.3 is 0 Å². The Morgan fingerprint density at radius 1 is 1.30 bits per heavy atom. The molecule has 4 nitrogen and oxygen atoms in total. The molecule has 0 bridgehead atoms. The van der Waals surface area contributed by atoms with E-state index in [2.05, 4.69) is 33.0 Å². The SMILES string of the molecule is CN1CCN(C(CN)c2ccc(Br)cc2)C(C)(C)C1=O. The lowest BCUT2D eigenvalue weighted by atomic mass is 9.92. The minimum Gasteiger partial charge on any atom is -0.343 e. The molecule has 1 saturated heterocycles. The lowest BCUT2D eigenvalue weighted by Gasteiger charge is -2.48. The van der Waals surface area contributed by atoms with Gasteiger partial charge in [0, 0.05) is 37.2 Å². The lowest BCUT2D eigenvalue weighted by Crippen LogP contribution is -2.63. The molecule has 1 aromatic rings. The van der Waals surface area contributed by atoms with Gasteiger partial charge in [-0.2, -0.15) is 0 Å². The van der Waals surface area contributed by atoms with E-state index in [1.54, 1.807) is 4.90 Å². The van der Waals surface area contributed by atoms with Crippen molar-refractivity contribution in [2.24, 2.45) is 5.73 Å². The molecule has 0 aromatic heterocycles. The van der Waals surface area contributed by atoms with Crippen LogP contribution in [0.25, 0.3) is 0 Å². The first-order valence-electron chi connectivity index (χ1n) is 6.85. The molecule has 1 heterocycles. The van der Waals surface area contributed by atoms with Gasteiger partial charge in [-0.25, -0.2) is 0 Å². The Bertz CT molecular complexity index is 486. The maximum atomic E-state index is 12.4. The Labute approximate surface area is 129 Å². The Balaban J connectivity index is 2.31. The minimum absolute atomic E-state index is 0.0655. The fourth-order valence-corrected chi connectivity index (χ4v) is 3.17. The number of benzene rings is 1. The quantitative estimate of drug-likeness (QED) is 0.916. The van der Waals surface area contributed by atoms with E-state index in [1.807, 2.05) is 33.0 Å². The van der Waals surface area contributed by atoms with Crippen LogP contribution in [0.15, 0.2) is 28.7 Å². The highest BCUT2D eigenvalue weighted by atomic mass is 79.9. The van der Waals surface area contributed by atoms with Gasteiger partial charge in [-0.1, -0.05) is 28.1 Å². The minimum atomic E-state index is -0.524. The number of halogens is 1. The average Bonchev–Trinajstić information content (AvgIpc) is 2.42. The summed E-state index contributed by atoms with van der Waals surface area (Å²) >= 11 is 3.45. The van der Waals surface area contributed by atoms with Crippen LogP contribution in [0, 0.1) is 0 Å². The number of carbonyl (C=O) groups excluding carboxylic acids is 1. The summed E-state index contributed by atoms with van der Waals surface area (Å²) in [5, 5.41) is 0. The van der Waals surface area contributed by atoms with Crippen molar-refractivity contribution in [1.29, 1.82) is 0 Å². The number of hydrogen-bond acceptors (Lipinski definition) is 3. The van der Waals surface area contributed by atoms with Crippen molar-refractivity contribution in [3.63, 3.8) is 0 Å². The summed E-state index contributed by atoms with van der Waals surface area (Å²) in [5.74, 6) is 0.152. The highest BCUT2D eigenvalue weighted by molar-refractivity contribution is 9.10. The van der Waals surface area contributed by atoms with Gasteiger partial charge in [0.1, 0.15) is 0 Å². The monoisotopic (exact) mass is 339 g/mol. The van der Waals surface area contributed by atoms with Crippen LogP contribution in [0.5, 0.6) is 0 Å². The first-order valence-corrected chi connectivity index (χ1v) is 7.65. The molecular weight excluding hydrogens is 318 g/mol. The third-order valence-corrected chi connectivity index (χ3v) is 4.65. The van der Waals surface area contributed by atoms with Crippen LogP contribution in [-0.2, 0) is 4.79 Å². The topological polar surface area (TPSA) is 49.6 Å². The average molecular weight is 340 g/mol. The second kappa shape index (κ2) is 5.84. The van der Waals surface area contributed by atoms with Crippen LogP contribution >= 0.6 is 15.9 Å². The zero-order chi connectivity index (χ0) is 14.9. The standard InChI is InChI=1S/C15H22BrN3O/c1-15(2)14(20)18(3)8-9-19(15)13(10-17)11-4-6-12(16)7-5-11/h4-7,13H,8-10,17H2,1-3H3.